The Morgan fingerprint density at radius 3 is 2.40 bits per heavy atom. The Hall–Kier alpha value is -1.42. The highest BCUT2D eigenvalue weighted by atomic mass is 35.5. The molecule has 3 N–H and O–H groups in total. The number of amidine groups is 1. The van der Waals surface area contributed by atoms with Crippen molar-refractivity contribution < 1.29 is 4.74 Å². The summed E-state index contributed by atoms with van der Waals surface area (Å²) in [5, 5.41) is 8.83. The zero-order valence-electron chi connectivity index (χ0n) is 10.3. The van der Waals surface area contributed by atoms with Crippen LogP contribution in [0.5, 0.6) is 5.75 Å². The summed E-state index contributed by atoms with van der Waals surface area (Å²) in [7, 11) is 0. The average Bonchev–Trinajstić information content (AvgIpc) is 2.38. The van der Waals surface area contributed by atoms with Gasteiger partial charge in [-0.2, -0.15) is 0 Å². The van der Waals surface area contributed by atoms with Gasteiger partial charge in [-0.05, 0) is 30.3 Å². The fourth-order valence-corrected chi connectivity index (χ4v) is 2.28. The van der Waals surface area contributed by atoms with Crippen LogP contribution in [-0.2, 0) is 6.61 Å². The summed E-state index contributed by atoms with van der Waals surface area (Å²) in [6.45, 7) is 0.273. The molecule has 0 aromatic heterocycles. The van der Waals surface area contributed by atoms with Crippen LogP contribution in [-0.4, -0.2) is 5.84 Å². The summed E-state index contributed by atoms with van der Waals surface area (Å²) >= 11 is 18.0. The third kappa shape index (κ3) is 3.57. The molecule has 0 fully saturated rings. The molecule has 2 aromatic rings. The van der Waals surface area contributed by atoms with Crippen molar-refractivity contribution in [1.82, 2.24) is 0 Å². The highest BCUT2D eigenvalue weighted by Crippen LogP contribution is 2.28. The van der Waals surface area contributed by atoms with Gasteiger partial charge in [0.25, 0.3) is 0 Å². The van der Waals surface area contributed by atoms with E-state index in [9.17, 15) is 0 Å². The molecule has 0 aliphatic heterocycles. The topological polar surface area (TPSA) is 59.1 Å². The third-order valence-corrected chi connectivity index (χ3v) is 3.52. The molecule has 0 bridgehead atoms. The van der Waals surface area contributed by atoms with Gasteiger partial charge >= 0.3 is 0 Å². The Kier molecular flexibility index (Phi) is 4.76. The van der Waals surface area contributed by atoms with Crippen LogP contribution < -0.4 is 10.5 Å². The minimum Gasteiger partial charge on any atom is -0.487 e. The number of hydrogen-bond acceptors (Lipinski definition) is 2. The van der Waals surface area contributed by atoms with Crippen molar-refractivity contribution >= 4 is 40.6 Å². The monoisotopic (exact) mass is 328 g/mol. The fourth-order valence-electron chi connectivity index (χ4n) is 1.58. The smallest absolute Gasteiger partial charge is 0.138 e. The van der Waals surface area contributed by atoms with E-state index in [1.54, 1.807) is 36.4 Å². The molecule has 6 heteroatoms. The normalized spacial score (nSPS) is 10.3. The number of benzene rings is 2. The van der Waals surface area contributed by atoms with Gasteiger partial charge in [-0.1, -0.05) is 40.9 Å². The van der Waals surface area contributed by atoms with Crippen LogP contribution in [0.15, 0.2) is 36.4 Å². The average molecular weight is 330 g/mol. The SMILES string of the molecule is N=C(N)c1ccc(OCc2ccc(Cl)cc2Cl)c(Cl)c1. The van der Waals surface area contributed by atoms with Gasteiger partial charge in [-0.25, -0.2) is 0 Å². The van der Waals surface area contributed by atoms with Crippen molar-refractivity contribution in [2.24, 2.45) is 5.73 Å². The van der Waals surface area contributed by atoms with Crippen LogP contribution in [0, 0.1) is 5.41 Å². The van der Waals surface area contributed by atoms with Crippen molar-refractivity contribution in [2.75, 3.05) is 0 Å². The minimum atomic E-state index is -0.0424. The summed E-state index contributed by atoms with van der Waals surface area (Å²) < 4.78 is 5.61. The molecule has 0 unspecified atom stereocenters. The van der Waals surface area contributed by atoms with Gasteiger partial charge in [0.05, 0.1) is 5.02 Å². The zero-order valence-corrected chi connectivity index (χ0v) is 12.6. The number of hydrogen-bond donors (Lipinski definition) is 2. The van der Waals surface area contributed by atoms with Crippen LogP contribution in [0.3, 0.4) is 0 Å². The fraction of sp³-hybridized carbons (Fsp3) is 0.0714. The van der Waals surface area contributed by atoms with E-state index in [1.807, 2.05) is 0 Å². The maximum Gasteiger partial charge on any atom is 0.138 e. The van der Waals surface area contributed by atoms with Crippen LogP contribution >= 0.6 is 34.8 Å². The summed E-state index contributed by atoms with van der Waals surface area (Å²) in [4.78, 5) is 0. The van der Waals surface area contributed by atoms with E-state index < -0.39 is 0 Å². The third-order valence-electron chi connectivity index (χ3n) is 2.64. The number of nitrogens with one attached hydrogen (secondary N) is 1. The molecular weight excluding hydrogens is 319 g/mol. The molecule has 0 aliphatic rings. The van der Waals surface area contributed by atoms with Crippen LogP contribution in [0.1, 0.15) is 11.1 Å². The molecule has 20 heavy (non-hydrogen) atoms. The first-order valence-electron chi connectivity index (χ1n) is 5.68. The molecule has 2 aromatic carbocycles. The van der Waals surface area contributed by atoms with Gasteiger partial charge in [0, 0.05) is 21.2 Å². The van der Waals surface area contributed by atoms with Gasteiger partial charge < -0.3 is 10.5 Å². The Morgan fingerprint density at radius 1 is 1.05 bits per heavy atom. The van der Waals surface area contributed by atoms with E-state index in [-0.39, 0.29) is 12.4 Å². The molecule has 3 nitrogen and oxygen atoms in total. The van der Waals surface area contributed by atoms with Gasteiger partial charge in [0.2, 0.25) is 0 Å². The molecule has 0 spiro atoms. The molecule has 0 radical (unpaired) electrons. The minimum absolute atomic E-state index is 0.0424. The molecule has 0 aliphatic carbocycles. The lowest BCUT2D eigenvalue weighted by Crippen LogP contribution is -2.10. The van der Waals surface area contributed by atoms with Crippen molar-refractivity contribution in [3.05, 3.63) is 62.6 Å². The summed E-state index contributed by atoms with van der Waals surface area (Å²) in [6.07, 6.45) is 0. The second kappa shape index (κ2) is 6.35. The largest absolute Gasteiger partial charge is 0.487 e. The maximum atomic E-state index is 7.34. The molecule has 2 rings (SSSR count). The van der Waals surface area contributed by atoms with E-state index in [0.29, 0.717) is 26.4 Å². The number of nitrogens with two attached hydrogens (primary N) is 1. The van der Waals surface area contributed by atoms with Crippen molar-refractivity contribution in [3.8, 4) is 5.75 Å². The van der Waals surface area contributed by atoms with Crippen molar-refractivity contribution in [3.63, 3.8) is 0 Å². The maximum absolute atomic E-state index is 7.34. The Bertz CT molecular complexity index is 659. The van der Waals surface area contributed by atoms with E-state index in [0.717, 1.165) is 5.56 Å². The number of rotatable bonds is 4. The molecule has 0 saturated carbocycles. The zero-order chi connectivity index (χ0) is 14.7. The standard InChI is InChI=1S/C14H11Cl3N2O/c15-10-3-1-9(11(16)6-10)7-20-13-4-2-8(14(18)19)5-12(13)17/h1-6H,7H2,(H3,18,19). The second-order valence-electron chi connectivity index (χ2n) is 4.08. The van der Waals surface area contributed by atoms with Gasteiger partial charge in [-0.3, -0.25) is 5.41 Å². The molecule has 0 atom stereocenters. The lowest BCUT2D eigenvalue weighted by Gasteiger charge is -2.10. The highest BCUT2D eigenvalue weighted by Gasteiger charge is 2.07. The number of halogens is 3. The first-order chi connectivity index (χ1) is 9.47. The second-order valence-corrected chi connectivity index (χ2v) is 5.33. The van der Waals surface area contributed by atoms with Gasteiger partial charge in [0.15, 0.2) is 0 Å². The lowest BCUT2D eigenvalue weighted by molar-refractivity contribution is 0.306. The molecule has 0 heterocycles. The first-order valence-corrected chi connectivity index (χ1v) is 6.81. The van der Waals surface area contributed by atoms with Crippen molar-refractivity contribution in [2.45, 2.75) is 6.61 Å². The number of ether oxygens (including phenoxy) is 1. The van der Waals surface area contributed by atoms with Gasteiger partial charge in [0.1, 0.15) is 18.2 Å². The quantitative estimate of drug-likeness (QED) is 0.640. The molecule has 0 saturated heterocycles. The predicted molar refractivity (Wildman–Crippen MR) is 83.3 cm³/mol. The molecule has 104 valence electrons. The van der Waals surface area contributed by atoms with E-state index in [1.165, 1.54) is 0 Å². The van der Waals surface area contributed by atoms with Gasteiger partial charge in [-0.15, -0.1) is 0 Å². The van der Waals surface area contributed by atoms with E-state index in [4.69, 9.17) is 50.7 Å². The van der Waals surface area contributed by atoms with Crippen molar-refractivity contribution in [1.29, 1.82) is 5.41 Å². The molecular formula is C14H11Cl3N2O. The Balaban J connectivity index is 2.13. The van der Waals surface area contributed by atoms with Crippen LogP contribution in [0.2, 0.25) is 15.1 Å². The van der Waals surface area contributed by atoms with E-state index >= 15 is 0 Å². The lowest BCUT2D eigenvalue weighted by atomic mass is 10.2. The molecule has 0 amide bonds. The summed E-state index contributed by atoms with van der Waals surface area (Å²) in [5.74, 6) is 0.460. The Labute approximate surface area is 131 Å². The predicted octanol–water partition coefficient (Wildman–Crippen LogP) is 4.51. The summed E-state index contributed by atoms with van der Waals surface area (Å²) in [6, 6.07) is 10.1. The first kappa shape index (κ1) is 15.0. The number of nitrogen functional groups attached to an aromatic ring is 1. The highest BCUT2D eigenvalue weighted by molar-refractivity contribution is 6.35. The van der Waals surface area contributed by atoms with Crippen LogP contribution in [0.25, 0.3) is 0 Å². The Morgan fingerprint density at radius 2 is 1.80 bits per heavy atom. The summed E-state index contributed by atoms with van der Waals surface area (Å²) in [5.41, 5.74) is 6.74. The van der Waals surface area contributed by atoms with E-state index in [2.05, 4.69) is 0 Å². The van der Waals surface area contributed by atoms with Crippen LogP contribution in [0.4, 0.5) is 0 Å².